The molecule has 1 aromatic heterocycles. The highest BCUT2D eigenvalue weighted by Crippen LogP contribution is 2.28. The molecule has 2 N–H and O–H groups in total. The fraction of sp³-hybridized carbons (Fsp3) is 0.615. The second-order valence-electron chi connectivity index (χ2n) is 5.38. The molecule has 22 heavy (non-hydrogen) atoms. The first-order valence-electron chi connectivity index (χ1n) is 7.09. The lowest BCUT2D eigenvalue weighted by molar-refractivity contribution is -0.131. The van der Waals surface area contributed by atoms with Gasteiger partial charge >= 0.3 is 0 Å². The van der Waals surface area contributed by atoms with Crippen LogP contribution in [0.4, 0.5) is 0 Å². The number of nitrogens with zero attached hydrogens (tertiary/aromatic N) is 2. The predicted octanol–water partition coefficient (Wildman–Crippen LogP) is 1.36. The average molecular weight is 366 g/mol. The van der Waals surface area contributed by atoms with Gasteiger partial charge in [-0.15, -0.1) is 11.3 Å². The van der Waals surface area contributed by atoms with Crippen molar-refractivity contribution in [2.24, 2.45) is 5.73 Å². The molecule has 1 amide bonds. The van der Waals surface area contributed by atoms with Gasteiger partial charge in [-0.3, -0.25) is 4.79 Å². The Labute approximate surface area is 139 Å². The van der Waals surface area contributed by atoms with Gasteiger partial charge in [0.1, 0.15) is 4.21 Å². The molecule has 9 heteroatoms. The Morgan fingerprint density at radius 2 is 2.09 bits per heavy atom. The van der Waals surface area contributed by atoms with Crippen LogP contribution in [0.1, 0.15) is 19.8 Å². The number of hydrogen-bond donors (Lipinski definition) is 1. The monoisotopic (exact) mass is 365 g/mol. The molecular formula is C13H20ClN3O3S2. The number of thiophene rings is 1. The van der Waals surface area contributed by atoms with E-state index in [4.69, 9.17) is 17.3 Å². The summed E-state index contributed by atoms with van der Waals surface area (Å²) < 4.78 is 27.2. The molecule has 1 aliphatic rings. The number of carbonyl (C=O) groups is 1. The van der Waals surface area contributed by atoms with E-state index in [1.807, 2.05) is 0 Å². The summed E-state index contributed by atoms with van der Waals surface area (Å²) in [5.41, 5.74) is 5.65. The number of nitrogens with two attached hydrogens (primary N) is 1. The minimum absolute atomic E-state index is 0.0200. The maximum atomic E-state index is 12.6. The van der Waals surface area contributed by atoms with E-state index in [-0.39, 0.29) is 22.6 Å². The highest BCUT2D eigenvalue weighted by molar-refractivity contribution is 7.91. The van der Waals surface area contributed by atoms with Gasteiger partial charge in [0.05, 0.1) is 4.34 Å². The van der Waals surface area contributed by atoms with E-state index in [1.54, 1.807) is 17.9 Å². The lowest BCUT2D eigenvalue weighted by Crippen LogP contribution is -2.38. The van der Waals surface area contributed by atoms with E-state index in [1.165, 1.54) is 10.4 Å². The molecule has 0 bridgehead atoms. The highest BCUT2D eigenvalue weighted by atomic mass is 35.5. The molecule has 1 saturated heterocycles. The number of amides is 1. The molecule has 0 spiro atoms. The van der Waals surface area contributed by atoms with Gasteiger partial charge in [0.25, 0.3) is 10.0 Å². The van der Waals surface area contributed by atoms with Crippen LogP contribution < -0.4 is 5.73 Å². The Hall–Kier alpha value is -0.670. The average Bonchev–Trinajstić information content (AvgIpc) is 2.73. The number of carbonyl (C=O) groups excluding carboxylic acids is 1. The molecule has 124 valence electrons. The molecule has 2 heterocycles. The largest absolute Gasteiger partial charge is 0.341 e. The molecule has 0 aromatic carbocycles. The summed E-state index contributed by atoms with van der Waals surface area (Å²) >= 11 is 6.87. The van der Waals surface area contributed by atoms with E-state index in [2.05, 4.69) is 0 Å². The molecule has 0 aliphatic carbocycles. The van der Waals surface area contributed by atoms with Crippen molar-refractivity contribution in [2.75, 3.05) is 26.2 Å². The third kappa shape index (κ3) is 4.20. The SMILES string of the molecule is CC(N)CC(=O)N1CCCN(S(=O)(=O)c2ccc(Cl)s2)CC1. The van der Waals surface area contributed by atoms with Gasteiger partial charge in [0.2, 0.25) is 5.91 Å². The van der Waals surface area contributed by atoms with Gasteiger partial charge in [-0.05, 0) is 25.5 Å². The van der Waals surface area contributed by atoms with Crippen LogP contribution >= 0.6 is 22.9 Å². The van der Waals surface area contributed by atoms with Gasteiger partial charge < -0.3 is 10.6 Å². The number of hydrogen-bond acceptors (Lipinski definition) is 5. The molecule has 1 aromatic rings. The third-order valence-electron chi connectivity index (χ3n) is 3.45. The number of halogens is 1. The Morgan fingerprint density at radius 3 is 2.68 bits per heavy atom. The van der Waals surface area contributed by atoms with Crippen LogP contribution in [0.15, 0.2) is 16.3 Å². The van der Waals surface area contributed by atoms with Gasteiger partial charge in [0.15, 0.2) is 0 Å². The maximum absolute atomic E-state index is 12.6. The summed E-state index contributed by atoms with van der Waals surface area (Å²) in [7, 11) is -3.53. The minimum atomic E-state index is -3.53. The maximum Gasteiger partial charge on any atom is 0.252 e. The minimum Gasteiger partial charge on any atom is -0.341 e. The van der Waals surface area contributed by atoms with E-state index in [9.17, 15) is 13.2 Å². The quantitative estimate of drug-likeness (QED) is 0.873. The summed E-state index contributed by atoms with van der Waals surface area (Å²) in [6.45, 7) is 3.43. The van der Waals surface area contributed by atoms with Gasteiger partial charge in [-0.2, -0.15) is 4.31 Å². The second-order valence-corrected chi connectivity index (χ2v) is 9.26. The summed E-state index contributed by atoms with van der Waals surface area (Å²) in [5.74, 6) is -0.0200. The van der Waals surface area contributed by atoms with E-state index in [0.29, 0.717) is 36.9 Å². The smallest absolute Gasteiger partial charge is 0.252 e. The van der Waals surface area contributed by atoms with Crippen LogP contribution in [0.3, 0.4) is 0 Å². The Kier molecular flexibility index (Phi) is 5.84. The zero-order chi connectivity index (χ0) is 16.3. The zero-order valence-corrected chi connectivity index (χ0v) is 14.8. The molecular weight excluding hydrogens is 346 g/mol. The first-order valence-corrected chi connectivity index (χ1v) is 9.73. The molecule has 0 radical (unpaired) electrons. The summed E-state index contributed by atoms with van der Waals surface area (Å²) in [5, 5.41) is 0. The highest BCUT2D eigenvalue weighted by Gasteiger charge is 2.29. The molecule has 2 rings (SSSR count). The standard InChI is InChI=1S/C13H20ClN3O3S2/c1-10(15)9-12(18)16-5-2-6-17(8-7-16)22(19,20)13-4-3-11(14)21-13/h3-4,10H,2,5-9,15H2,1H3. The Morgan fingerprint density at radius 1 is 1.36 bits per heavy atom. The summed E-state index contributed by atoms with van der Waals surface area (Å²) in [6, 6.07) is 2.91. The van der Waals surface area contributed by atoms with Crippen molar-refractivity contribution in [3.63, 3.8) is 0 Å². The predicted molar refractivity (Wildman–Crippen MR) is 87.6 cm³/mol. The van der Waals surface area contributed by atoms with Gasteiger partial charge in [0, 0.05) is 38.6 Å². The Balaban J connectivity index is 2.05. The van der Waals surface area contributed by atoms with Crippen LogP contribution in [-0.2, 0) is 14.8 Å². The van der Waals surface area contributed by atoms with Crippen molar-refractivity contribution in [1.82, 2.24) is 9.21 Å². The molecule has 6 nitrogen and oxygen atoms in total. The first-order chi connectivity index (χ1) is 10.3. The topological polar surface area (TPSA) is 83.7 Å². The zero-order valence-electron chi connectivity index (χ0n) is 12.4. The number of sulfonamides is 1. The molecule has 1 unspecified atom stereocenters. The van der Waals surface area contributed by atoms with Gasteiger partial charge in [-0.25, -0.2) is 8.42 Å². The van der Waals surface area contributed by atoms with E-state index in [0.717, 1.165) is 11.3 Å². The van der Waals surface area contributed by atoms with Crippen molar-refractivity contribution in [3.05, 3.63) is 16.5 Å². The lowest BCUT2D eigenvalue weighted by atomic mass is 10.2. The summed E-state index contributed by atoms with van der Waals surface area (Å²) in [4.78, 5) is 13.7. The fourth-order valence-corrected chi connectivity index (χ4v) is 5.46. The lowest BCUT2D eigenvalue weighted by Gasteiger charge is -2.22. The van der Waals surface area contributed by atoms with Gasteiger partial charge in [-0.1, -0.05) is 11.6 Å². The van der Waals surface area contributed by atoms with Crippen molar-refractivity contribution < 1.29 is 13.2 Å². The second kappa shape index (κ2) is 7.27. The molecule has 1 aliphatic heterocycles. The summed E-state index contributed by atoms with van der Waals surface area (Å²) in [6.07, 6.45) is 0.899. The van der Waals surface area contributed by atoms with E-state index >= 15 is 0 Å². The molecule has 1 fully saturated rings. The molecule has 0 saturated carbocycles. The van der Waals surface area contributed by atoms with Crippen LogP contribution in [-0.4, -0.2) is 55.8 Å². The first kappa shape index (κ1) is 17.7. The van der Waals surface area contributed by atoms with Crippen LogP contribution in [0.5, 0.6) is 0 Å². The fourth-order valence-electron chi connectivity index (χ4n) is 2.35. The van der Waals surface area contributed by atoms with Crippen LogP contribution in [0, 0.1) is 0 Å². The third-order valence-corrected chi connectivity index (χ3v) is 7.04. The van der Waals surface area contributed by atoms with Crippen molar-refractivity contribution in [1.29, 1.82) is 0 Å². The van der Waals surface area contributed by atoms with Crippen LogP contribution in [0.2, 0.25) is 4.34 Å². The van der Waals surface area contributed by atoms with E-state index < -0.39 is 10.0 Å². The molecule has 1 atom stereocenters. The van der Waals surface area contributed by atoms with Crippen molar-refractivity contribution >= 4 is 38.9 Å². The van der Waals surface area contributed by atoms with Crippen molar-refractivity contribution in [3.8, 4) is 0 Å². The van der Waals surface area contributed by atoms with Crippen LogP contribution in [0.25, 0.3) is 0 Å². The number of rotatable bonds is 4. The van der Waals surface area contributed by atoms with Crippen molar-refractivity contribution in [2.45, 2.75) is 30.0 Å². The normalized spacial score (nSPS) is 19.0. The Bertz CT molecular complexity index is 630.